The number of pyridine rings is 1. The number of halogens is 1. The predicted molar refractivity (Wildman–Crippen MR) is 97.8 cm³/mol. The van der Waals surface area contributed by atoms with Crippen molar-refractivity contribution in [3.05, 3.63) is 52.6 Å². The van der Waals surface area contributed by atoms with Crippen molar-refractivity contribution in [3.8, 4) is 0 Å². The van der Waals surface area contributed by atoms with E-state index < -0.39 is 0 Å². The first-order chi connectivity index (χ1) is 11.1. The van der Waals surface area contributed by atoms with Crippen LogP contribution in [0.4, 0.5) is 16.3 Å². The fourth-order valence-corrected chi connectivity index (χ4v) is 2.59. The molecule has 2 aromatic rings. The number of anilines is 2. The minimum atomic E-state index is -0.238. The van der Waals surface area contributed by atoms with Crippen LogP contribution in [0, 0.1) is 0 Å². The summed E-state index contributed by atoms with van der Waals surface area (Å²) in [6.45, 7) is 6.46. The van der Waals surface area contributed by atoms with E-state index in [0.717, 1.165) is 34.6 Å². The molecule has 0 saturated carbocycles. The molecule has 0 spiro atoms. The third-order valence-corrected chi connectivity index (χ3v) is 4.16. The molecule has 0 aliphatic carbocycles. The zero-order valence-electron chi connectivity index (χ0n) is 13.3. The number of urea groups is 1. The summed E-state index contributed by atoms with van der Waals surface area (Å²) in [5.41, 5.74) is 1.76. The highest BCUT2D eigenvalue weighted by Gasteiger charge is 2.07. The highest BCUT2D eigenvalue weighted by Crippen LogP contribution is 2.21. The van der Waals surface area contributed by atoms with Crippen LogP contribution in [0.1, 0.15) is 19.4 Å². The second kappa shape index (κ2) is 8.53. The number of hydrogen-bond donors (Lipinski definition) is 2. The summed E-state index contributed by atoms with van der Waals surface area (Å²) in [6.07, 6.45) is 1.77. The number of carbonyl (C=O) groups excluding carboxylic acids is 1. The van der Waals surface area contributed by atoms with E-state index in [-0.39, 0.29) is 6.03 Å². The average molecular weight is 377 g/mol. The lowest BCUT2D eigenvalue weighted by molar-refractivity contribution is 0.251. The second-order valence-electron chi connectivity index (χ2n) is 4.98. The molecule has 0 aliphatic heterocycles. The number of carbonyl (C=O) groups is 1. The maximum Gasteiger partial charge on any atom is 0.319 e. The Kier molecular flexibility index (Phi) is 6.40. The number of rotatable bonds is 6. The number of nitrogens with one attached hydrogen (secondary N) is 2. The van der Waals surface area contributed by atoms with E-state index >= 15 is 0 Å². The van der Waals surface area contributed by atoms with E-state index in [1.54, 1.807) is 6.20 Å². The Labute approximate surface area is 145 Å². The van der Waals surface area contributed by atoms with Gasteiger partial charge in [0.25, 0.3) is 0 Å². The van der Waals surface area contributed by atoms with Crippen LogP contribution in [0.5, 0.6) is 0 Å². The number of aromatic nitrogens is 1. The molecule has 1 aromatic heterocycles. The Bertz CT molecular complexity index is 659. The molecule has 0 saturated heterocycles. The molecule has 0 bridgehead atoms. The lowest BCUT2D eigenvalue weighted by Gasteiger charge is -2.20. The van der Waals surface area contributed by atoms with E-state index in [1.807, 2.05) is 36.4 Å². The SMILES string of the molecule is CCN(CC)c1cc(CNC(=O)Nc2ccccc2Br)ccn1. The Morgan fingerprint density at radius 2 is 1.96 bits per heavy atom. The lowest BCUT2D eigenvalue weighted by Crippen LogP contribution is -2.28. The summed E-state index contributed by atoms with van der Waals surface area (Å²) < 4.78 is 0.850. The molecule has 0 aliphatic rings. The first-order valence-electron chi connectivity index (χ1n) is 7.63. The highest BCUT2D eigenvalue weighted by atomic mass is 79.9. The molecule has 0 unspecified atom stereocenters. The van der Waals surface area contributed by atoms with Crippen LogP contribution >= 0.6 is 15.9 Å². The van der Waals surface area contributed by atoms with Crippen LogP contribution < -0.4 is 15.5 Å². The summed E-state index contributed by atoms with van der Waals surface area (Å²) in [6, 6.07) is 11.2. The smallest absolute Gasteiger partial charge is 0.319 e. The second-order valence-corrected chi connectivity index (χ2v) is 5.84. The summed E-state index contributed by atoms with van der Waals surface area (Å²) >= 11 is 3.41. The van der Waals surface area contributed by atoms with Gasteiger partial charge in [0.05, 0.1) is 5.69 Å². The van der Waals surface area contributed by atoms with E-state index in [0.29, 0.717) is 6.54 Å². The van der Waals surface area contributed by atoms with E-state index in [2.05, 4.69) is 50.3 Å². The monoisotopic (exact) mass is 376 g/mol. The minimum Gasteiger partial charge on any atom is -0.357 e. The van der Waals surface area contributed by atoms with Gasteiger partial charge in [0.1, 0.15) is 5.82 Å². The molecule has 2 rings (SSSR count). The Balaban J connectivity index is 1.94. The van der Waals surface area contributed by atoms with Gasteiger partial charge in [-0.25, -0.2) is 9.78 Å². The largest absolute Gasteiger partial charge is 0.357 e. The summed E-state index contributed by atoms with van der Waals surface area (Å²) in [5.74, 6) is 0.931. The number of amides is 2. The van der Waals surface area contributed by atoms with Gasteiger partial charge in [-0.2, -0.15) is 0 Å². The molecule has 1 heterocycles. The molecule has 6 heteroatoms. The van der Waals surface area contributed by atoms with Crippen LogP contribution in [0.3, 0.4) is 0 Å². The van der Waals surface area contributed by atoms with E-state index in [9.17, 15) is 4.79 Å². The van der Waals surface area contributed by atoms with Crippen LogP contribution in [0.15, 0.2) is 47.1 Å². The summed E-state index contributed by atoms with van der Waals surface area (Å²) in [4.78, 5) is 18.6. The molecular weight excluding hydrogens is 356 g/mol. The maximum atomic E-state index is 12.0. The van der Waals surface area contributed by atoms with Gasteiger partial charge in [-0.15, -0.1) is 0 Å². The fraction of sp³-hybridized carbons (Fsp3) is 0.294. The first kappa shape index (κ1) is 17.3. The van der Waals surface area contributed by atoms with Gasteiger partial charge in [-0.3, -0.25) is 0 Å². The topological polar surface area (TPSA) is 57.3 Å². The first-order valence-corrected chi connectivity index (χ1v) is 8.42. The molecule has 2 amide bonds. The quantitative estimate of drug-likeness (QED) is 0.800. The van der Waals surface area contributed by atoms with Gasteiger partial charge in [0, 0.05) is 30.3 Å². The van der Waals surface area contributed by atoms with Crippen molar-refractivity contribution in [3.63, 3.8) is 0 Å². The van der Waals surface area contributed by atoms with Gasteiger partial charge in [0.2, 0.25) is 0 Å². The molecule has 2 N–H and O–H groups in total. The summed E-state index contributed by atoms with van der Waals surface area (Å²) in [7, 11) is 0. The third-order valence-electron chi connectivity index (χ3n) is 3.47. The van der Waals surface area contributed by atoms with Crippen molar-refractivity contribution in [2.45, 2.75) is 20.4 Å². The third kappa shape index (κ3) is 4.96. The molecular formula is C17H21BrN4O. The van der Waals surface area contributed by atoms with Crippen LogP contribution in [0.2, 0.25) is 0 Å². The Morgan fingerprint density at radius 3 is 2.65 bits per heavy atom. The zero-order chi connectivity index (χ0) is 16.7. The molecule has 0 fully saturated rings. The molecule has 1 aromatic carbocycles. The molecule has 5 nitrogen and oxygen atoms in total. The van der Waals surface area contributed by atoms with Gasteiger partial charge in [-0.05, 0) is 59.6 Å². The van der Waals surface area contributed by atoms with Crippen LogP contribution in [-0.2, 0) is 6.54 Å². The van der Waals surface area contributed by atoms with Gasteiger partial charge >= 0.3 is 6.03 Å². The zero-order valence-corrected chi connectivity index (χ0v) is 14.9. The summed E-state index contributed by atoms with van der Waals surface area (Å²) in [5, 5.41) is 5.68. The Morgan fingerprint density at radius 1 is 1.22 bits per heavy atom. The standard InChI is InChI=1S/C17H21BrN4O/c1-3-22(4-2)16-11-13(9-10-19-16)12-20-17(23)21-15-8-6-5-7-14(15)18/h5-11H,3-4,12H2,1-2H3,(H2,20,21,23). The van der Waals surface area contributed by atoms with Crippen molar-refractivity contribution < 1.29 is 4.79 Å². The van der Waals surface area contributed by atoms with Crippen LogP contribution in [0.25, 0.3) is 0 Å². The van der Waals surface area contributed by atoms with Crippen LogP contribution in [-0.4, -0.2) is 24.1 Å². The van der Waals surface area contributed by atoms with Gasteiger partial charge in [0.15, 0.2) is 0 Å². The predicted octanol–water partition coefficient (Wildman–Crippen LogP) is 4.01. The normalized spacial score (nSPS) is 10.2. The lowest BCUT2D eigenvalue weighted by atomic mass is 10.2. The number of para-hydroxylation sites is 1. The van der Waals surface area contributed by atoms with Crippen molar-refractivity contribution in [1.82, 2.24) is 10.3 Å². The van der Waals surface area contributed by atoms with Gasteiger partial charge < -0.3 is 15.5 Å². The number of benzene rings is 1. The number of nitrogens with zero attached hydrogens (tertiary/aromatic N) is 2. The van der Waals surface area contributed by atoms with Crippen molar-refractivity contribution in [1.29, 1.82) is 0 Å². The van der Waals surface area contributed by atoms with E-state index in [4.69, 9.17) is 0 Å². The Hall–Kier alpha value is -2.08. The molecule has 0 radical (unpaired) electrons. The highest BCUT2D eigenvalue weighted by molar-refractivity contribution is 9.10. The van der Waals surface area contributed by atoms with E-state index in [1.165, 1.54) is 0 Å². The maximum absolute atomic E-state index is 12.0. The van der Waals surface area contributed by atoms with Crippen molar-refractivity contribution in [2.75, 3.05) is 23.3 Å². The molecule has 0 atom stereocenters. The minimum absolute atomic E-state index is 0.238. The fourth-order valence-electron chi connectivity index (χ4n) is 2.20. The molecule has 23 heavy (non-hydrogen) atoms. The van der Waals surface area contributed by atoms with Crippen molar-refractivity contribution in [2.24, 2.45) is 0 Å². The molecule has 122 valence electrons. The van der Waals surface area contributed by atoms with Gasteiger partial charge in [-0.1, -0.05) is 12.1 Å². The number of hydrogen-bond acceptors (Lipinski definition) is 3. The van der Waals surface area contributed by atoms with Crippen molar-refractivity contribution >= 4 is 33.5 Å². The average Bonchev–Trinajstić information content (AvgIpc) is 2.57.